The second kappa shape index (κ2) is 8.99. The Morgan fingerprint density at radius 3 is 2.59 bits per heavy atom. The molecular formula is C27H30N4O3. The topological polar surface area (TPSA) is 74.7 Å². The van der Waals surface area contributed by atoms with E-state index < -0.39 is 5.97 Å². The fraction of sp³-hybridized carbons (Fsp3) is 0.333. The molecule has 4 aromatic rings. The van der Waals surface area contributed by atoms with Gasteiger partial charge in [-0.25, -0.2) is 4.79 Å². The number of benzene rings is 2. The van der Waals surface area contributed by atoms with Crippen molar-refractivity contribution in [1.82, 2.24) is 14.6 Å². The van der Waals surface area contributed by atoms with Gasteiger partial charge in [0.2, 0.25) is 0 Å². The number of hydrogen-bond acceptors (Lipinski definition) is 5. The van der Waals surface area contributed by atoms with Gasteiger partial charge < -0.3 is 19.1 Å². The van der Waals surface area contributed by atoms with Gasteiger partial charge in [-0.15, -0.1) is 0 Å². The first-order chi connectivity index (χ1) is 16.4. The van der Waals surface area contributed by atoms with Crippen LogP contribution >= 0.6 is 0 Å². The first kappa shape index (κ1) is 22.2. The van der Waals surface area contributed by atoms with Crippen LogP contribution in [0.2, 0.25) is 0 Å². The summed E-state index contributed by atoms with van der Waals surface area (Å²) in [5.41, 5.74) is 6.94. The maximum absolute atomic E-state index is 11.5. The van der Waals surface area contributed by atoms with Gasteiger partial charge in [-0.1, -0.05) is 29.4 Å². The lowest BCUT2D eigenvalue weighted by Crippen LogP contribution is -2.47. The summed E-state index contributed by atoms with van der Waals surface area (Å²) in [5.74, 6) is 0.00842. The number of anilines is 1. The highest BCUT2D eigenvalue weighted by Crippen LogP contribution is 2.29. The molecule has 0 bridgehead atoms. The van der Waals surface area contributed by atoms with Crippen molar-refractivity contribution in [3.05, 3.63) is 71.1 Å². The van der Waals surface area contributed by atoms with Crippen molar-refractivity contribution in [3.8, 4) is 11.3 Å². The molecule has 2 aromatic carbocycles. The van der Waals surface area contributed by atoms with E-state index in [0.29, 0.717) is 5.56 Å². The average Bonchev–Trinajstić information content (AvgIpc) is 3.37. The summed E-state index contributed by atoms with van der Waals surface area (Å²) < 4.78 is 7.46. The second-order valence-electron chi connectivity index (χ2n) is 9.12. The van der Waals surface area contributed by atoms with Crippen LogP contribution in [0.25, 0.3) is 22.2 Å². The first-order valence-corrected chi connectivity index (χ1v) is 11.7. The lowest BCUT2D eigenvalue weighted by Gasteiger charge is -2.36. The van der Waals surface area contributed by atoms with Gasteiger partial charge in [0, 0.05) is 68.2 Å². The Labute approximate surface area is 199 Å². The molecule has 0 unspecified atom stereocenters. The van der Waals surface area contributed by atoms with Gasteiger partial charge in [-0.3, -0.25) is 4.90 Å². The van der Waals surface area contributed by atoms with Crippen LogP contribution in [0.5, 0.6) is 0 Å². The Hall–Kier alpha value is -3.58. The fourth-order valence-corrected chi connectivity index (χ4v) is 4.97. The fourth-order valence-electron chi connectivity index (χ4n) is 4.97. The second-order valence-corrected chi connectivity index (χ2v) is 9.12. The van der Waals surface area contributed by atoms with Crippen LogP contribution in [0.4, 0.5) is 5.69 Å². The molecule has 0 spiro atoms. The summed E-state index contributed by atoms with van der Waals surface area (Å²) in [5, 5.41) is 14.6. The zero-order valence-electron chi connectivity index (χ0n) is 19.9. The van der Waals surface area contributed by atoms with E-state index >= 15 is 0 Å². The van der Waals surface area contributed by atoms with Crippen molar-refractivity contribution < 1.29 is 14.4 Å². The SMILES string of the molecule is Cc1ccccc1-c1noc(C)c1CCN1CCN(c2ccc3c(C(=O)O)cn(C)c3c2)CC1. The molecule has 3 heterocycles. The van der Waals surface area contributed by atoms with Crippen LogP contribution in [0.15, 0.2) is 53.2 Å². The van der Waals surface area contributed by atoms with Crippen LogP contribution in [-0.2, 0) is 13.5 Å². The smallest absolute Gasteiger partial charge is 0.337 e. The zero-order chi connectivity index (χ0) is 23.8. The Morgan fingerprint density at radius 1 is 1.09 bits per heavy atom. The minimum Gasteiger partial charge on any atom is -0.478 e. The van der Waals surface area contributed by atoms with E-state index in [1.807, 2.05) is 42.8 Å². The highest BCUT2D eigenvalue weighted by molar-refractivity contribution is 6.04. The number of carboxylic acid groups (broad SMARTS) is 1. The third-order valence-corrected chi connectivity index (χ3v) is 7.00. The number of hydrogen-bond donors (Lipinski definition) is 1. The van der Waals surface area contributed by atoms with Crippen molar-refractivity contribution >= 4 is 22.6 Å². The van der Waals surface area contributed by atoms with Crippen LogP contribution in [0.3, 0.4) is 0 Å². The number of carboxylic acids is 1. The van der Waals surface area contributed by atoms with Crippen molar-refractivity contribution in [2.45, 2.75) is 20.3 Å². The van der Waals surface area contributed by atoms with Crippen LogP contribution < -0.4 is 4.90 Å². The highest BCUT2D eigenvalue weighted by Gasteiger charge is 2.21. The predicted molar refractivity (Wildman–Crippen MR) is 134 cm³/mol. The van der Waals surface area contributed by atoms with Gasteiger partial charge in [-0.2, -0.15) is 0 Å². The molecule has 1 N–H and O–H groups in total. The van der Waals surface area contributed by atoms with Gasteiger partial charge in [0.25, 0.3) is 0 Å². The third kappa shape index (κ3) is 4.07. The summed E-state index contributed by atoms with van der Waals surface area (Å²) in [7, 11) is 1.90. The Morgan fingerprint density at radius 2 is 1.85 bits per heavy atom. The minimum atomic E-state index is -0.888. The molecule has 7 nitrogen and oxygen atoms in total. The molecule has 0 saturated carbocycles. The van der Waals surface area contributed by atoms with Gasteiger partial charge in [-0.05, 0) is 44.0 Å². The number of aromatic nitrogens is 2. The first-order valence-electron chi connectivity index (χ1n) is 11.7. The number of carbonyl (C=O) groups is 1. The summed E-state index contributed by atoms with van der Waals surface area (Å²) in [6, 6.07) is 14.4. The number of aromatic carboxylic acids is 1. The molecule has 0 amide bonds. The van der Waals surface area contributed by atoms with E-state index in [1.165, 1.54) is 11.1 Å². The summed E-state index contributed by atoms with van der Waals surface area (Å²) >= 11 is 0. The quantitative estimate of drug-likeness (QED) is 0.458. The van der Waals surface area contributed by atoms with Crippen LogP contribution in [0, 0.1) is 13.8 Å². The van der Waals surface area contributed by atoms with Crippen LogP contribution in [0.1, 0.15) is 27.2 Å². The molecule has 34 heavy (non-hydrogen) atoms. The predicted octanol–water partition coefficient (Wildman–Crippen LogP) is 4.51. The summed E-state index contributed by atoms with van der Waals surface area (Å²) in [6.45, 7) is 8.91. The number of rotatable bonds is 6. The molecule has 176 valence electrons. The monoisotopic (exact) mass is 458 g/mol. The Kier molecular flexibility index (Phi) is 5.87. The molecular weight excluding hydrogens is 428 g/mol. The van der Waals surface area contributed by atoms with Gasteiger partial charge in [0.1, 0.15) is 11.5 Å². The largest absolute Gasteiger partial charge is 0.478 e. The zero-order valence-corrected chi connectivity index (χ0v) is 19.9. The maximum atomic E-state index is 11.5. The molecule has 1 aliphatic rings. The number of aryl methyl sites for hydroxylation is 3. The van der Waals surface area contributed by atoms with E-state index in [9.17, 15) is 9.90 Å². The Balaban J connectivity index is 1.24. The molecule has 2 aromatic heterocycles. The molecule has 7 heteroatoms. The van der Waals surface area contributed by atoms with Crippen molar-refractivity contribution in [3.63, 3.8) is 0 Å². The van der Waals surface area contributed by atoms with Crippen molar-refractivity contribution in [1.29, 1.82) is 0 Å². The van der Waals surface area contributed by atoms with Gasteiger partial charge in [0.05, 0.1) is 11.1 Å². The molecule has 1 fully saturated rings. The molecule has 5 rings (SSSR count). The third-order valence-electron chi connectivity index (χ3n) is 7.00. The molecule has 1 aliphatic heterocycles. The average molecular weight is 459 g/mol. The summed E-state index contributed by atoms with van der Waals surface area (Å²) in [4.78, 5) is 16.4. The van der Waals surface area contributed by atoms with Crippen molar-refractivity contribution in [2.24, 2.45) is 7.05 Å². The molecule has 0 atom stereocenters. The lowest BCUT2D eigenvalue weighted by atomic mass is 10.00. The number of fused-ring (bicyclic) bond motifs is 1. The number of nitrogens with zero attached hydrogens (tertiary/aromatic N) is 4. The van der Waals surface area contributed by atoms with E-state index in [-0.39, 0.29) is 0 Å². The van der Waals surface area contributed by atoms with E-state index in [4.69, 9.17) is 4.52 Å². The normalized spacial score (nSPS) is 14.7. The molecule has 1 saturated heterocycles. The molecule has 0 radical (unpaired) electrons. The van der Waals surface area contributed by atoms with E-state index in [1.54, 1.807) is 6.20 Å². The maximum Gasteiger partial charge on any atom is 0.337 e. The van der Waals surface area contributed by atoms with Gasteiger partial charge in [0.15, 0.2) is 0 Å². The minimum absolute atomic E-state index is 0.350. The highest BCUT2D eigenvalue weighted by atomic mass is 16.5. The summed E-state index contributed by atoms with van der Waals surface area (Å²) in [6.07, 6.45) is 2.60. The Bertz CT molecular complexity index is 1350. The van der Waals surface area contributed by atoms with Gasteiger partial charge >= 0.3 is 5.97 Å². The standard InChI is InChI=1S/C27H30N4O3/c1-18-6-4-5-7-21(18)26-22(19(2)34-28-26)10-11-30-12-14-31(15-13-30)20-8-9-23-24(27(32)33)17-29(3)25(23)16-20/h4-9,16-17H,10-15H2,1-3H3,(H,32,33). The number of piperazine rings is 1. The van der Waals surface area contributed by atoms with E-state index in [2.05, 4.69) is 40.1 Å². The lowest BCUT2D eigenvalue weighted by molar-refractivity contribution is 0.0699. The van der Waals surface area contributed by atoms with Crippen LogP contribution in [-0.4, -0.2) is 58.4 Å². The van der Waals surface area contributed by atoms with Crippen molar-refractivity contribution in [2.75, 3.05) is 37.6 Å². The molecule has 0 aliphatic carbocycles. The van der Waals surface area contributed by atoms with E-state index in [0.717, 1.165) is 72.8 Å².